The van der Waals surface area contributed by atoms with Crippen molar-refractivity contribution in [2.24, 2.45) is 7.05 Å². The highest BCUT2D eigenvalue weighted by Crippen LogP contribution is 2.11. The fourth-order valence-electron chi connectivity index (χ4n) is 1.05. The normalized spacial score (nSPS) is 12.8. The van der Waals surface area contributed by atoms with Crippen LogP contribution in [-0.4, -0.2) is 16.3 Å². The maximum Gasteiger partial charge on any atom is 0.0537 e. The van der Waals surface area contributed by atoms with Crippen molar-refractivity contribution in [3.8, 4) is 0 Å². The molecule has 1 aromatic rings. The second kappa shape index (κ2) is 4.58. The zero-order chi connectivity index (χ0) is 9.84. The monoisotopic (exact) mass is 243 g/mol. The summed E-state index contributed by atoms with van der Waals surface area (Å²) in [5.74, 6) is 0. The fourth-order valence-corrected chi connectivity index (χ4v) is 1.21. The molecular formula is C9H14BrN3. The summed E-state index contributed by atoms with van der Waals surface area (Å²) < 4.78 is 2.76. The van der Waals surface area contributed by atoms with Crippen molar-refractivity contribution in [1.29, 1.82) is 0 Å². The van der Waals surface area contributed by atoms with Gasteiger partial charge in [0, 0.05) is 35.9 Å². The molecule has 0 amide bonds. The summed E-state index contributed by atoms with van der Waals surface area (Å²) in [7, 11) is 1.92. The molecule has 1 rings (SSSR count). The quantitative estimate of drug-likeness (QED) is 0.877. The van der Waals surface area contributed by atoms with Crippen molar-refractivity contribution in [3.63, 3.8) is 0 Å². The topological polar surface area (TPSA) is 29.9 Å². The van der Waals surface area contributed by atoms with E-state index < -0.39 is 0 Å². The van der Waals surface area contributed by atoms with Gasteiger partial charge in [-0.25, -0.2) is 0 Å². The largest absolute Gasteiger partial charge is 0.306 e. The summed E-state index contributed by atoms with van der Waals surface area (Å²) in [5.41, 5.74) is 1.19. The van der Waals surface area contributed by atoms with Gasteiger partial charge in [-0.2, -0.15) is 5.10 Å². The molecule has 0 saturated carbocycles. The molecule has 0 saturated heterocycles. The zero-order valence-corrected chi connectivity index (χ0v) is 9.50. The van der Waals surface area contributed by atoms with Crippen LogP contribution in [0.5, 0.6) is 0 Å². The lowest BCUT2D eigenvalue weighted by Crippen LogP contribution is -2.19. The van der Waals surface area contributed by atoms with Gasteiger partial charge in [0.2, 0.25) is 0 Å². The predicted molar refractivity (Wildman–Crippen MR) is 57.7 cm³/mol. The Bertz CT molecular complexity index is 293. The summed E-state index contributed by atoms with van der Waals surface area (Å²) in [6, 6.07) is 0.308. The van der Waals surface area contributed by atoms with Crippen LogP contribution < -0.4 is 5.32 Å². The smallest absolute Gasteiger partial charge is 0.0537 e. The van der Waals surface area contributed by atoms with Gasteiger partial charge in [-0.3, -0.25) is 4.68 Å². The van der Waals surface area contributed by atoms with Crippen molar-refractivity contribution in [1.82, 2.24) is 15.1 Å². The number of rotatable bonds is 4. The molecule has 4 heteroatoms. The molecule has 0 spiro atoms. The molecule has 0 aliphatic heterocycles. The number of hydrogen-bond acceptors (Lipinski definition) is 2. The van der Waals surface area contributed by atoms with Crippen molar-refractivity contribution < 1.29 is 0 Å². The molecule has 1 unspecified atom stereocenters. The lowest BCUT2D eigenvalue weighted by Gasteiger charge is -2.10. The highest BCUT2D eigenvalue weighted by atomic mass is 79.9. The number of nitrogens with zero attached hydrogens (tertiary/aromatic N) is 2. The number of halogens is 1. The Morgan fingerprint density at radius 3 is 3.00 bits per heavy atom. The first-order valence-corrected chi connectivity index (χ1v) is 4.94. The summed E-state index contributed by atoms with van der Waals surface area (Å²) in [5, 5.41) is 7.42. The fraction of sp³-hybridized carbons (Fsp3) is 0.444. The van der Waals surface area contributed by atoms with Crippen LogP contribution in [0.1, 0.15) is 18.5 Å². The number of aromatic nitrogens is 2. The number of hydrogen-bond donors (Lipinski definition) is 1. The molecule has 0 aromatic carbocycles. The summed E-state index contributed by atoms with van der Waals surface area (Å²) in [4.78, 5) is 0. The van der Waals surface area contributed by atoms with Gasteiger partial charge in [-0.05, 0) is 6.92 Å². The van der Waals surface area contributed by atoms with E-state index in [2.05, 4.69) is 39.8 Å². The van der Waals surface area contributed by atoms with Gasteiger partial charge in [-0.1, -0.05) is 22.5 Å². The van der Waals surface area contributed by atoms with Crippen molar-refractivity contribution in [3.05, 3.63) is 29.0 Å². The molecule has 3 nitrogen and oxygen atoms in total. The second-order valence-corrected chi connectivity index (χ2v) is 4.19. The van der Waals surface area contributed by atoms with E-state index in [0.29, 0.717) is 6.04 Å². The van der Waals surface area contributed by atoms with Crippen LogP contribution in [0.25, 0.3) is 0 Å². The molecule has 0 bridgehead atoms. The van der Waals surface area contributed by atoms with E-state index in [4.69, 9.17) is 0 Å². The Hall–Kier alpha value is -0.610. The Morgan fingerprint density at radius 1 is 1.85 bits per heavy atom. The second-order valence-electron chi connectivity index (χ2n) is 3.07. The Morgan fingerprint density at radius 2 is 2.54 bits per heavy atom. The van der Waals surface area contributed by atoms with Crippen LogP contribution in [0.4, 0.5) is 0 Å². The predicted octanol–water partition coefficient (Wildman–Crippen LogP) is 1.98. The van der Waals surface area contributed by atoms with Crippen molar-refractivity contribution >= 4 is 15.9 Å². The van der Waals surface area contributed by atoms with Crippen LogP contribution >= 0.6 is 15.9 Å². The van der Waals surface area contributed by atoms with Gasteiger partial charge in [0.05, 0.1) is 6.20 Å². The summed E-state index contributed by atoms with van der Waals surface area (Å²) in [6.07, 6.45) is 3.88. The van der Waals surface area contributed by atoms with Crippen LogP contribution in [0.3, 0.4) is 0 Å². The molecule has 0 aliphatic carbocycles. The zero-order valence-electron chi connectivity index (χ0n) is 7.92. The first kappa shape index (κ1) is 10.5. The maximum absolute atomic E-state index is 4.11. The summed E-state index contributed by atoms with van der Waals surface area (Å²) in [6.45, 7) is 6.64. The molecule has 1 aromatic heterocycles. The summed E-state index contributed by atoms with van der Waals surface area (Å²) >= 11 is 3.30. The lowest BCUT2D eigenvalue weighted by atomic mass is 10.2. The third-order valence-corrected chi connectivity index (χ3v) is 2.11. The van der Waals surface area contributed by atoms with E-state index in [0.717, 1.165) is 11.0 Å². The van der Waals surface area contributed by atoms with E-state index in [9.17, 15) is 0 Å². The Balaban J connectivity index is 2.48. The molecule has 0 fully saturated rings. The van der Waals surface area contributed by atoms with E-state index in [1.807, 2.05) is 19.4 Å². The SMILES string of the molecule is C=C(Br)CNC(C)c1cnn(C)c1. The minimum atomic E-state index is 0.308. The molecule has 1 atom stereocenters. The highest BCUT2D eigenvalue weighted by molar-refractivity contribution is 9.11. The van der Waals surface area contributed by atoms with E-state index in [1.54, 1.807) is 4.68 Å². The van der Waals surface area contributed by atoms with Crippen LogP contribution in [0.15, 0.2) is 23.5 Å². The molecule has 1 heterocycles. The average Bonchev–Trinajstić information content (AvgIpc) is 2.47. The van der Waals surface area contributed by atoms with Crippen molar-refractivity contribution in [2.45, 2.75) is 13.0 Å². The minimum absolute atomic E-state index is 0.308. The minimum Gasteiger partial charge on any atom is -0.306 e. The van der Waals surface area contributed by atoms with E-state index in [-0.39, 0.29) is 0 Å². The van der Waals surface area contributed by atoms with Gasteiger partial charge in [-0.15, -0.1) is 0 Å². The van der Waals surface area contributed by atoms with Gasteiger partial charge in [0.15, 0.2) is 0 Å². The molecule has 13 heavy (non-hydrogen) atoms. The van der Waals surface area contributed by atoms with Crippen molar-refractivity contribution in [2.75, 3.05) is 6.54 Å². The molecule has 0 aliphatic rings. The van der Waals surface area contributed by atoms with Gasteiger partial charge >= 0.3 is 0 Å². The molecular weight excluding hydrogens is 230 g/mol. The number of aryl methyl sites for hydroxylation is 1. The highest BCUT2D eigenvalue weighted by Gasteiger charge is 2.05. The van der Waals surface area contributed by atoms with Gasteiger partial charge in [0.1, 0.15) is 0 Å². The van der Waals surface area contributed by atoms with Crippen LogP contribution in [-0.2, 0) is 7.05 Å². The van der Waals surface area contributed by atoms with E-state index >= 15 is 0 Å². The lowest BCUT2D eigenvalue weighted by molar-refractivity contribution is 0.615. The first-order valence-electron chi connectivity index (χ1n) is 4.15. The number of nitrogens with one attached hydrogen (secondary N) is 1. The van der Waals surface area contributed by atoms with Gasteiger partial charge < -0.3 is 5.32 Å². The third-order valence-electron chi connectivity index (χ3n) is 1.82. The van der Waals surface area contributed by atoms with E-state index in [1.165, 1.54) is 5.56 Å². The Labute approximate surface area is 87.0 Å². The molecule has 72 valence electrons. The Kier molecular flexibility index (Phi) is 3.69. The van der Waals surface area contributed by atoms with Crippen LogP contribution in [0, 0.1) is 0 Å². The first-order chi connectivity index (χ1) is 6.09. The third kappa shape index (κ3) is 3.32. The van der Waals surface area contributed by atoms with Gasteiger partial charge in [0.25, 0.3) is 0 Å². The molecule has 0 radical (unpaired) electrons. The average molecular weight is 244 g/mol. The molecule has 1 N–H and O–H groups in total. The standard InChI is InChI=1S/C9H14BrN3/c1-7(10)4-11-8(2)9-5-12-13(3)6-9/h5-6,8,11H,1,4H2,2-3H3. The maximum atomic E-state index is 4.11. The van der Waals surface area contributed by atoms with Crippen LogP contribution in [0.2, 0.25) is 0 Å².